The lowest BCUT2D eigenvalue weighted by Crippen LogP contribution is -2.37. The highest BCUT2D eigenvalue weighted by atomic mass is 19.1. The van der Waals surface area contributed by atoms with Crippen molar-refractivity contribution in [3.8, 4) is 11.9 Å². The van der Waals surface area contributed by atoms with Crippen LogP contribution in [0, 0.1) is 17.1 Å². The topological polar surface area (TPSA) is 61.2 Å². The molecule has 0 bridgehead atoms. The zero-order valence-electron chi connectivity index (χ0n) is 17.8. The number of hydrogen-bond donors (Lipinski definition) is 1. The van der Waals surface area contributed by atoms with Gasteiger partial charge in [0.15, 0.2) is 0 Å². The quantitative estimate of drug-likeness (QED) is 0.618. The summed E-state index contributed by atoms with van der Waals surface area (Å²) in [6.45, 7) is 3.13. The molecule has 0 aliphatic carbocycles. The average molecular weight is 429 g/mol. The molecule has 5 nitrogen and oxygen atoms in total. The SMILES string of the molecule is N#Cc1ccc(COc2cccc(C3CCN([C@H]4CNc5ccccc54)CC3)n2)c(F)c1. The number of piperidine rings is 1. The van der Waals surface area contributed by atoms with Gasteiger partial charge in [-0.3, -0.25) is 4.90 Å². The van der Waals surface area contributed by atoms with Crippen molar-refractivity contribution in [2.45, 2.75) is 31.4 Å². The van der Waals surface area contributed by atoms with Gasteiger partial charge in [-0.25, -0.2) is 9.37 Å². The molecule has 0 amide bonds. The molecule has 0 saturated carbocycles. The predicted octanol–water partition coefficient (Wildman–Crippen LogP) is 5.02. The lowest BCUT2D eigenvalue weighted by Gasteiger charge is -2.35. The highest BCUT2D eigenvalue weighted by Gasteiger charge is 2.31. The molecule has 3 heterocycles. The number of pyridine rings is 1. The van der Waals surface area contributed by atoms with Crippen LogP contribution in [0.15, 0.2) is 60.7 Å². The van der Waals surface area contributed by atoms with E-state index >= 15 is 0 Å². The lowest BCUT2D eigenvalue weighted by atomic mass is 9.91. The summed E-state index contributed by atoms with van der Waals surface area (Å²) >= 11 is 0. The Morgan fingerprint density at radius 1 is 1.09 bits per heavy atom. The van der Waals surface area contributed by atoms with Gasteiger partial charge in [0, 0.05) is 35.5 Å². The molecule has 6 heteroatoms. The minimum absolute atomic E-state index is 0.0839. The van der Waals surface area contributed by atoms with E-state index in [0.29, 0.717) is 29.0 Å². The van der Waals surface area contributed by atoms with E-state index in [-0.39, 0.29) is 6.61 Å². The number of para-hydroxylation sites is 1. The summed E-state index contributed by atoms with van der Waals surface area (Å²) in [7, 11) is 0. The fourth-order valence-electron chi connectivity index (χ4n) is 4.72. The highest BCUT2D eigenvalue weighted by molar-refractivity contribution is 5.57. The van der Waals surface area contributed by atoms with Crippen molar-refractivity contribution in [1.82, 2.24) is 9.88 Å². The van der Waals surface area contributed by atoms with Crippen LogP contribution < -0.4 is 10.1 Å². The van der Waals surface area contributed by atoms with E-state index < -0.39 is 5.82 Å². The van der Waals surface area contributed by atoms with Crippen LogP contribution in [0.4, 0.5) is 10.1 Å². The molecule has 1 fully saturated rings. The zero-order chi connectivity index (χ0) is 21.9. The summed E-state index contributed by atoms with van der Waals surface area (Å²) in [6, 6.07) is 21.2. The van der Waals surface area contributed by atoms with Crippen LogP contribution in [-0.2, 0) is 6.61 Å². The predicted molar refractivity (Wildman–Crippen MR) is 121 cm³/mol. The zero-order valence-corrected chi connectivity index (χ0v) is 17.8. The van der Waals surface area contributed by atoms with Crippen molar-refractivity contribution >= 4 is 5.69 Å². The van der Waals surface area contributed by atoms with E-state index in [9.17, 15) is 4.39 Å². The fraction of sp³-hybridized carbons (Fsp3) is 0.308. The first kappa shape index (κ1) is 20.5. The van der Waals surface area contributed by atoms with Gasteiger partial charge in [-0.05, 0) is 55.8 Å². The maximum Gasteiger partial charge on any atom is 0.213 e. The minimum atomic E-state index is -0.435. The summed E-state index contributed by atoms with van der Waals surface area (Å²) in [5.74, 6) is 0.462. The van der Waals surface area contributed by atoms with Crippen LogP contribution in [0.3, 0.4) is 0 Å². The average Bonchev–Trinajstić information content (AvgIpc) is 3.28. The molecule has 1 N–H and O–H groups in total. The van der Waals surface area contributed by atoms with Gasteiger partial charge in [-0.2, -0.15) is 5.26 Å². The van der Waals surface area contributed by atoms with Gasteiger partial charge < -0.3 is 10.1 Å². The third-order valence-electron chi connectivity index (χ3n) is 6.50. The van der Waals surface area contributed by atoms with Crippen LogP contribution >= 0.6 is 0 Å². The van der Waals surface area contributed by atoms with Gasteiger partial charge in [0.25, 0.3) is 0 Å². The Morgan fingerprint density at radius 3 is 2.75 bits per heavy atom. The van der Waals surface area contributed by atoms with E-state index in [1.165, 1.54) is 17.3 Å². The summed E-state index contributed by atoms with van der Waals surface area (Å²) in [4.78, 5) is 7.28. The van der Waals surface area contributed by atoms with Crippen molar-refractivity contribution in [2.24, 2.45) is 0 Å². The second-order valence-electron chi connectivity index (χ2n) is 8.40. The number of nitrogens with one attached hydrogen (secondary N) is 1. The van der Waals surface area contributed by atoms with Crippen molar-refractivity contribution in [3.63, 3.8) is 0 Å². The maximum absolute atomic E-state index is 14.1. The molecule has 0 unspecified atom stereocenters. The van der Waals surface area contributed by atoms with E-state index in [0.717, 1.165) is 38.2 Å². The Morgan fingerprint density at radius 2 is 1.94 bits per heavy atom. The lowest BCUT2D eigenvalue weighted by molar-refractivity contribution is 0.161. The van der Waals surface area contributed by atoms with Gasteiger partial charge in [0.1, 0.15) is 12.4 Å². The standard InChI is InChI=1S/C26H25FN4O/c27-22-14-18(15-28)8-9-20(22)17-32-26-7-3-6-23(30-26)19-10-12-31(13-11-19)25-16-29-24-5-2-1-4-21(24)25/h1-9,14,19,25,29H,10-13,16-17H2/t25-/m0/s1. The van der Waals surface area contributed by atoms with Gasteiger partial charge in [0.2, 0.25) is 5.88 Å². The molecule has 1 atom stereocenters. The number of nitriles is 1. The second kappa shape index (κ2) is 8.97. The highest BCUT2D eigenvalue weighted by Crippen LogP contribution is 2.37. The Bertz CT molecular complexity index is 1150. The van der Waals surface area contributed by atoms with Gasteiger partial charge in [-0.15, -0.1) is 0 Å². The number of fused-ring (bicyclic) bond motifs is 1. The molecule has 32 heavy (non-hydrogen) atoms. The molecule has 0 spiro atoms. The second-order valence-corrected chi connectivity index (χ2v) is 8.40. The number of hydrogen-bond acceptors (Lipinski definition) is 5. The first-order chi connectivity index (χ1) is 15.7. The number of ether oxygens (including phenoxy) is 1. The first-order valence-corrected chi connectivity index (χ1v) is 11.1. The van der Waals surface area contributed by atoms with E-state index in [1.54, 1.807) is 18.2 Å². The Hall–Kier alpha value is -3.43. The number of likely N-dealkylation sites (tertiary alicyclic amines) is 1. The summed E-state index contributed by atoms with van der Waals surface area (Å²) < 4.78 is 19.9. The smallest absolute Gasteiger partial charge is 0.213 e. The summed E-state index contributed by atoms with van der Waals surface area (Å²) in [5, 5.41) is 12.4. The van der Waals surface area contributed by atoms with Crippen molar-refractivity contribution in [1.29, 1.82) is 5.26 Å². The molecular weight excluding hydrogens is 403 g/mol. The normalized spacial score (nSPS) is 18.6. The van der Waals surface area contributed by atoms with Crippen LogP contribution in [-0.4, -0.2) is 29.5 Å². The van der Waals surface area contributed by atoms with Gasteiger partial charge in [0.05, 0.1) is 17.7 Å². The third-order valence-corrected chi connectivity index (χ3v) is 6.50. The monoisotopic (exact) mass is 428 g/mol. The largest absolute Gasteiger partial charge is 0.473 e. The van der Waals surface area contributed by atoms with Gasteiger partial charge in [-0.1, -0.05) is 30.3 Å². The fourth-order valence-corrected chi connectivity index (χ4v) is 4.72. The van der Waals surface area contributed by atoms with E-state index in [1.807, 2.05) is 12.1 Å². The number of benzene rings is 2. The molecule has 1 saturated heterocycles. The molecule has 1 aromatic heterocycles. The third kappa shape index (κ3) is 4.17. The van der Waals surface area contributed by atoms with Crippen LogP contribution in [0.2, 0.25) is 0 Å². The maximum atomic E-state index is 14.1. The summed E-state index contributed by atoms with van der Waals surface area (Å²) in [6.07, 6.45) is 2.11. The number of rotatable bonds is 5. The number of anilines is 1. The Balaban J connectivity index is 1.20. The van der Waals surface area contributed by atoms with Crippen LogP contribution in [0.5, 0.6) is 5.88 Å². The molecule has 2 aromatic carbocycles. The molecule has 5 rings (SSSR count). The molecule has 2 aliphatic rings. The molecule has 162 valence electrons. The number of halogens is 1. The van der Waals surface area contributed by atoms with E-state index in [2.05, 4.69) is 40.5 Å². The molecule has 3 aromatic rings. The van der Waals surface area contributed by atoms with Crippen molar-refractivity contribution < 1.29 is 9.13 Å². The molecule has 2 aliphatic heterocycles. The summed E-state index contributed by atoms with van der Waals surface area (Å²) in [5.41, 5.74) is 4.40. The first-order valence-electron chi connectivity index (χ1n) is 11.1. The Kier molecular flexibility index (Phi) is 5.74. The molecular formula is C26H25FN4O. The van der Waals surface area contributed by atoms with Crippen LogP contribution in [0.1, 0.15) is 47.2 Å². The number of aromatic nitrogens is 1. The van der Waals surface area contributed by atoms with Gasteiger partial charge >= 0.3 is 0 Å². The Labute approximate surface area is 187 Å². The van der Waals surface area contributed by atoms with Crippen LogP contribution in [0.25, 0.3) is 0 Å². The van der Waals surface area contributed by atoms with Crippen molar-refractivity contribution in [2.75, 3.05) is 25.0 Å². The van der Waals surface area contributed by atoms with Crippen molar-refractivity contribution in [3.05, 3.63) is 88.9 Å². The minimum Gasteiger partial charge on any atom is -0.473 e. The number of nitrogens with zero attached hydrogens (tertiary/aromatic N) is 3. The molecule has 0 radical (unpaired) electrons. The van der Waals surface area contributed by atoms with E-state index in [4.69, 9.17) is 15.0 Å².